The van der Waals surface area contributed by atoms with Gasteiger partial charge in [-0.1, -0.05) is 60.2 Å². The molecule has 0 spiro atoms. The third-order valence-corrected chi connectivity index (χ3v) is 6.63. The highest BCUT2D eigenvalue weighted by molar-refractivity contribution is 7.89. The number of piperazine rings is 1. The minimum absolute atomic E-state index is 0.0386. The highest BCUT2D eigenvalue weighted by Gasteiger charge is 2.21. The van der Waals surface area contributed by atoms with E-state index < -0.39 is 10.0 Å². The van der Waals surface area contributed by atoms with Gasteiger partial charge in [0.2, 0.25) is 15.9 Å². The van der Waals surface area contributed by atoms with Gasteiger partial charge < -0.3 is 4.90 Å². The summed E-state index contributed by atoms with van der Waals surface area (Å²) in [7, 11) is -3.67. The Balaban J connectivity index is 1.38. The number of nitrogens with zero attached hydrogens (tertiary/aromatic N) is 2. The number of amides is 1. The van der Waals surface area contributed by atoms with E-state index in [-0.39, 0.29) is 23.8 Å². The molecule has 3 rings (SSSR count). The normalized spacial score (nSPS) is 15.6. The molecule has 1 aliphatic rings. The van der Waals surface area contributed by atoms with Gasteiger partial charge in [0.25, 0.3) is 0 Å². The molecule has 1 fully saturated rings. The zero-order chi connectivity index (χ0) is 21.4. The molecule has 1 aliphatic heterocycles. The summed E-state index contributed by atoms with van der Waals surface area (Å²) < 4.78 is 27.0. The Kier molecular flexibility index (Phi) is 8.04. The maximum Gasteiger partial charge on any atom is 0.240 e. The second-order valence-electron chi connectivity index (χ2n) is 7.10. The first kappa shape index (κ1) is 22.5. The molecule has 2 aromatic rings. The van der Waals surface area contributed by atoms with Gasteiger partial charge in [0.05, 0.1) is 4.90 Å². The molecule has 0 bridgehead atoms. The lowest BCUT2D eigenvalue weighted by Gasteiger charge is -2.34. The summed E-state index contributed by atoms with van der Waals surface area (Å²) in [5.74, 6) is -0.0386. The largest absolute Gasteiger partial charge is 0.340 e. The molecule has 0 aliphatic carbocycles. The van der Waals surface area contributed by atoms with E-state index in [2.05, 4.69) is 33.9 Å². The fraction of sp³-hybridized carbons (Fsp3) is 0.318. The summed E-state index contributed by atoms with van der Waals surface area (Å²) in [6.45, 7) is 3.82. The van der Waals surface area contributed by atoms with E-state index in [1.807, 2.05) is 18.2 Å². The quantitative estimate of drug-likeness (QED) is 0.675. The summed E-state index contributed by atoms with van der Waals surface area (Å²) in [4.78, 5) is 16.6. The molecule has 0 aromatic heterocycles. The Morgan fingerprint density at radius 2 is 1.77 bits per heavy atom. The van der Waals surface area contributed by atoms with E-state index in [1.165, 1.54) is 17.7 Å². The van der Waals surface area contributed by atoms with Crippen molar-refractivity contribution in [1.82, 2.24) is 14.5 Å². The predicted molar refractivity (Wildman–Crippen MR) is 120 cm³/mol. The average Bonchev–Trinajstić information content (AvgIpc) is 2.75. The van der Waals surface area contributed by atoms with Crippen LogP contribution in [0.3, 0.4) is 0 Å². The summed E-state index contributed by atoms with van der Waals surface area (Å²) in [5.41, 5.74) is 1.17. The number of carbonyl (C=O) groups is 1. The van der Waals surface area contributed by atoms with Crippen molar-refractivity contribution < 1.29 is 13.2 Å². The maximum atomic E-state index is 12.4. The predicted octanol–water partition coefficient (Wildman–Crippen LogP) is 2.87. The lowest BCUT2D eigenvalue weighted by Crippen LogP contribution is -2.49. The number of carbonyl (C=O) groups excluding carboxylic acids is 1. The molecule has 0 atom stereocenters. The van der Waals surface area contributed by atoms with Crippen LogP contribution in [0.15, 0.2) is 65.6 Å². The van der Waals surface area contributed by atoms with Crippen LogP contribution >= 0.6 is 11.6 Å². The lowest BCUT2D eigenvalue weighted by molar-refractivity contribution is -0.132. The Labute approximate surface area is 183 Å². The molecule has 1 heterocycles. The maximum absolute atomic E-state index is 12.4. The number of rotatable bonds is 8. The van der Waals surface area contributed by atoms with Crippen LogP contribution < -0.4 is 4.72 Å². The van der Waals surface area contributed by atoms with Crippen LogP contribution in [0.25, 0.3) is 6.08 Å². The van der Waals surface area contributed by atoms with Gasteiger partial charge in [-0.2, -0.15) is 0 Å². The molecule has 1 saturated heterocycles. The van der Waals surface area contributed by atoms with Crippen LogP contribution in [0.5, 0.6) is 0 Å². The first-order chi connectivity index (χ1) is 14.4. The van der Waals surface area contributed by atoms with Crippen LogP contribution in [0, 0.1) is 0 Å². The molecule has 0 saturated carbocycles. The number of benzene rings is 2. The minimum atomic E-state index is -3.67. The standard InChI is InChI=1S/C22H26ClN3O3S/c23-20-9-4-10-21(18-20)30(28,29)24-12-11-22(27)26-16-14-25(15-17-26)13-5-8-19-6-2-1-3-7-19/h1-10,18,24H,11-17H2. The van der Waals surface area contributed by atoms with Crippen LogP contribution in [0.4, 0.5) is 0 Å². The molecule has 160 valence electrons. The number of sulfonamides is 1. The van der Waals surface area contributed by atoms with Crippen molar-refractivity contribution in [3.63, 3.8) is 0 Å². The summed E-state index contributed by atoms with van der Waals surface area (Å²) >= 11 is 5.85. The number of nitrogens with one attached hydrogen (secondary N) is 1. The van der Waals surface area contributed by atoms with Crippen molar-refractivity contribution in [2.24, 2.45) is 0 Å². The minimum Gasteiger partial charge on any atom is -0.340 e. The Hall–Kier alpha value is -2.19. The second kappa shape index (κ2) is 10.7. The summed E-state index contributed by atoms with van der Waals surface area (Å²) in [6.07, 6.45) is 4.37. The van der Waals surface area contributed by atoms with Crippen LogP contribution in [0.1, 0.15) is 12.0 Å². The van der Waals surface area contributed by atoms with Crippen molar-refractivity contribution in [1.29, 1.82) is 0 Å². The van der Waals surface area contributed by atoms with Crippen LogP contribution in [0.2, 0.25) is 5.02 Å². The van der Waals surface area contributed by atoms with Gasteiger partial charge in [0, 0.05) is 50.7 Å². The molecule has 0 radical (unpaired) electrons. The molecular formula is C22H26ClN3O3S. The molecule has 2 aromatic carbocycles. The zero-order valence-electron chi connectivity index (χ0n) is 16.7. The van der Waals surface area contributed by atoms with Crippen molar-refractivity contribution >= 4 is 33.6 Å². The molecule has 6 nitrogen and oxygen atoms in total. The second-order valence-corrected chi connectivity index (χ2v) is 9.30. The fourth-order valence-corrected chi connectivity index (χ4v) is 4.58. The van der Waals surface area contributed by atoms with E-state index in [0.29, 0.717) is 18.1 Å². The highest BCUT2D eigenvalue weighted by atomic mass is 35.5. The Bertz CT molecular complexity index is 972. The molecule has 8 heteroatoms. The van der Waals surface area contributed by atoms with Crippen LogP contribution in [-0.4, -0.2) is 63.4 Å². The molecule has 30 heavy (non-hydrogen) atoms. The monoisotopic (exact) mass is 447 g/mol. The van der Waals surface area contributed by atoms with Gasteiger partial charge in [0.15, 0.2) is 0 Å². The van der Waals surface area contributed by atoms with Gasteiger partial charge in [0.1, 0.15) is 0 Å². The average molecular weight is 448 g/mol. The van der Waals surface area contributed by atoms with E-state index in [9.17, 15) is 13.2 Å². The Morgan fingerprint density at radius 1 is 1.03 bits per heavy atom. The number of hydrogen-bond acceptors (Lipinski definition) is 4. The van der Waals surface area contributed by atoms with E-state index in [4.69, 9.17) is 11.6 Å². The fourth-order valence-electron chi connectivity index (χ4n) is 3.25. The van der Waals surface area contributed by atoms with E-state index in [1.54, 1.807) is 17.0 Å². The van der Waals surface area contributed by atoms with E-state index >= 15 is 0 Å². The van der Waals surface area contributed by atoms with Gasteiger partial charge in [-0.05, 0) is 23.8 Å². The van der Waals surface area contributed by atoms with Gasteiger partial charge >= 0.3 is 0 Å². The van der Waals surface area contributed by atoms with Crippen molar-refractivity contribution in [2.45, 2.75) is 11.3 Å². The molecule has 0 unspecified atom stereocenters. The van der Waals surface area contributed by atoms with Crippen molar-refractivity contribution in [3.05, 3.63) is 71.3 Å². The smallest absolute Gasteiger partial charge is 0.240 e. The van der Waals surface area contributed by atoms with Gasteiger partial charge in [-0.15, -0.1) is 0 Å². The third kappa shape index (κ3) is 6.67. The summed E-state index contributed by atoms with van der Waals surface area (Å²) in [5, 5.41) is 0.352. The van der Waals surface area contributed by atoms with Crippen molar-refractivity contribution in [3.8, 4) is 0 Å². The van der Waals surface area contributed by atoms with E-state index in [0.717, 1.165) is 19.6 Å². The van der Waals surface area contributed by atoms with Crippen LogP contribution in [-0.2, 0) is 14.8 Å². The molecular weight excluding hydrogens is 422 g/mol. The van der Waals surface area contributed by atoms with Gasteiger partial charge in [-0.25, -0.2) is 13.1 Å². The molecule has 1 amide bonds. The first-order valence-corrected chi connectivity index (χ1v) is 11.8. The highest BCUT2D eigenvalue weighted by Crippen LogP contribution is 2.15. The van der Waals surface area contributed by atoms with Crippen molar-refractivity contribution in [2.75, 3.05) is 39.3 Å². The molecule has 1 N–H and O–H groups in total. The number of hydrogen-bond donors (Lipinski definition) is 1. The topological polar surface area (TPSA) is 69.7 Å². The first-order valence-electron chi connectivity index (χ1n) is 9.91. The zero-order valence-corrected chi connectivity index (χ0v) is 18.3. The summed E-state index contributed by atoms with van der Waals surface area (Å²) in [6, 6.07) is 16.2. The van der Waals surface area contributed by atoms with Gasteiger partial charge in [-0.3, -0.25) is 9.69 Å². The Morgan fingerprint density at radius 3 is 2.47 bits per heavy atom. The lowest BCUT2D eigenvalue weighted by atomic mass is 10.2. The SMILES string of the molecule is O=C(CCNS(=O)(=O)c1cccc(Cl)c1)N1CCN(CC=Cc2ccccc2)CC1. The number of halogens is 1. The third-order valence-electron chi connectivity index (χ3n) is 4.94.